The molecule has 0 aromatic carbocycles. The van der Waals surface area contributed by atoms with Crippen LogP contribution in [0, 0.1) is 0 Å². The molecular weight excluding hydrogens is 1220 g/mol. The van der Waals surface area contributed by atoms with Crippen molar-refractivity contribution in [3.63, 3.8) is 0 Å². The lowest BCUT2D eigenvalue weighted by molar-refractivity contribution is -0.154. The number of ether oxygens (including phenoxy) is 4. The zero-order chi connectivity index (χ0) is 71.5. The fraction of sp³-hybridized carbons (Fsp3) is 0.950. The van der Waals surface area contributed by atoms with E-state index in [1.807, 2.05) is 0 Å². The Hall–Kier alpha value is -2.44. The fourth-order valence-corrected chi connectivity index (χ4v) is 11.2. The molecule has 0 saturated carbocycles. The van der Waals surface area contributed by atoms with Crippen LogP contribution in [-0.2, 0) is 38.1 Å². The lowest BCUT2D eigenvalue weighted by atomic mass is 10.0. The summed E-state index contributed by atoms with van der Waals surface area (Å²) in [5, 5.41) is 70.7. The average Bonchev–Trinajstić information content (AvgIpc) is 3.80. The van der Waals surface area contributed by atoms with Gasteiger partial charge in [-0.25, -0.2) is 0 Å². The van der Waals surface area contributed by atoms with Gasteiger partial charge >= 0.3 is 23.9 Å². The molecular formula is C80H160O16. The van der Waals surface area contributed by atoms with Crippen molar-refractivity contribution in [2.75, 3.05) is 52.9 Å². The van der Waals surface area contributed by atoms with E-state index in [9.17, 15) is 19.2 Å². The first-order chi connectivity index (χ1) is 46.9. The third kappa shape index (κ3) is 89.6. The van der Waals surface area contributed by atoms with Gasteiger partial charge in [-0.05, 0) is 25.7 Å². The molecule has 0 aliphatic rings. The Bertz CT molecular complexity index is 1500. The van der Waals surface area contributed by atoms with Gasteiger partial charge in [0.05, 0.1) is 39.6 Å². The van der Waals surface area contributed by atoms with Gasteiger partial charge in [0.1, 0.15) is 37.6 Å². The van der Waals surface area contributed by atoms with Crippen LogP contribution in [0.1, 0.15) is 413 Å². The van der Waals surface area contributed by atoms with Gasteiger partial charge in [-0.15, -0.1) is 0 Å². The zero-order valence-electron chi connectivity index (χ0n) is 63.2. The van der Waals surface area contributed by atoms with Crippen molar-refractivity contribution >= 4 is 23.9 Å². The molecule has 0 saturated heterocycles. The van der Waals surface area contributed by atoms with E-state index in [1.165, 1.54) is 308 Å². The van der Waals surface area contributed by atoms with E-state index in [0.717, 1.165) is 51.4 Å². The molecule has 0 aliphatic heterocycles. The third-order valence-electron chi connectivity index (χ3n) is 17.6. The van der Waals surface area contributed by atoms with Gasteiger partial charge in [0.15, 0.2) is 0 Å². The highest BCUT2D eigenvalue weighted by molar-refractivity contribution is 5.70. The van der Waals surface area contributed by atoms with Crippen molar-refractivity contribution in [2.45, 2.75) is 437 Å². The van der Waals surface area contributed by atoms with Crippen molar-refractivity contribution in [3.8, 4) is 0 Å². The molecule has 8 N–H and O–H groups in total. The maximum absolute atomic E-state index is 11.5. The monoisotopic (exact) mass is 1380 g/mol. The minimum Gasteiger partial charge on any atom is -0.463 e. The largest absolute Gasteiger partial charge is 0.463 e. The van der Waals surface area contributed by atoms with Gasteiger partial charge in [0.25, 0.3) is 0 Å². The Labute approximate surface area is 590 Å². The van der Waals surface area contributed by atoms with E-state index >= 15 is 0 Å². The van der Waals surface area contributed by atoms with Crippen LogP contribution in [0.5, 0.6) is 0 Å². The summed E-state index contributed by atoms with van der Waals surface area (Å²) in [5.41, 5.74) is 0. The molecule has 2 atom stereocenters. The number of carbonyl (C=O) groups is 4. The Morgan fingerprint density at radius 2 is 0.365 bits per heavy atom. The molecule has 16 heteroatoms. The summed E-state index contributed by atoms with van der Waals surface area (Å²) in [5.74, 6) is -1.19. The van der Waals surface area contributed by atoms with E-state index in [-0.39, 0.29) is 76.7 Å². The number of unbranched alkanes of at least 4 members (excludes halogenated alkanes) is 52. The lowest BCUT2D eigenvalue weighted by Crippen LogP contribution is -2.25. The molecule has 0 fully saturated rings. The summed E-state index contributed by atoms with van der Waals surface area (Å²) in [7, 11) is 0. The second-order valence-electron chi connectivity index (χ2n) is 27.4. The minimum atomic E-state index is -0.954. The van der Waals surface area contributed by atoms with Gasteiger partial charge in [0, 0.05) is 25.7 Å². The summed E-state index contributed by atoms with van der Waals surface area (Å²) in [6, 6.07) is 0. The van der Waals surface area contributed by atoms with Crippen LogP contribution in [-0.4, -0.2) is 142 Å². The highest BCUT2D eigenvalue weighted by Crippen LogP contribution is 2.19. The Morgan fingerprint density at radius 3 is 0.510 bits per heavy atom. The number of aliphatic hydroxyl groups is 8. The molecule has 0 bridgehead atoms. The summed E-state index contributed by atoms with van der Waals surface area (Å²) in [6.45, 7) is 6.82. The van der Waals surface area contributed by atoms with E-state index in [1.54, 1.807) is 0 Å². The molecule has 2 unspecified atom stereocenters. The van der Waals surface area contributed by atoms with Crippen LogP contribution in [0.25, 0.3) is 0 Å². The maximum atomic E-state index is 11.5. The van der Waals surface area contributed by atoms with Crippen LogP contribution in [0.15, 0.2) is 0 Å². The Morgan fingerprint density at radius 1 is 0.219 bits per heavy atom. The number of carbonyl (C=O) groups excluding carboxylic acids is 4. The van der Waals surface area contributed by atoms with Crippen molar-refractivity contribution in [1.29, 1.82) is 0 Å². The predicted molar refractivity (Wildman–Crippen MR) is 396 cm³/mol. The van der Waals surface area contributed by atoms with Crippen molar-refractivity contribution in [1.82, 2.24) is 0 Å². The summed E-state index contributed by atoms with van der Waals surface area (Å²) >= 11 is 0. The second kappa shape index (κ2) is 88.6. The average molecular weight is 1380 g/mol. The van der Waals surface area contributed by atoms with Crippen molar-refractivity contribution < 1.29 is 79.0 Å². The number of aliphatic hydroxyl groups excluding tert-OH is 8. The molecule has 0 rings (SSSR count). The Balaban J connectivity index is -0.000000588. The van der Waals surface area contributed by atoms with Gasteiger partial charge in [0.2, 0.25) is 0 Å². The number of rotatable bonds is 72. The first-order valence-electron chi connectivity index (χ1n) is 40.6. The molecule has 0 aromatic heterocycles. The molecule has 16 nitrogen and oxygen atoms in total. The highest BCUT2D eigenvalue weighted by Gasteiger charge is 2.14. The minimum absolute atomic E-state index is 0.103. The Kier molecular flexibility index (Phi) is 92.3. The molecule has 0 heterocycles. The molecule has 0 amide bonds. The fourth-order valence-electron chi connectivity index (χ4n) is 11.2. The van der Waals surface area contributed by atoms with Gasteiger partial charge in [-0.3, -0.25) is 19.2 Å². The highest BCUT2D eigenvalue weighted by atomic mass is 16.6. The maximum Gasteiger partial charge on any atom is 0.306 e. The number of hydrogen-bond donors (Lipinski definition) is 8. The van der Waals surface area contributed by atoms with E-state index in [2.05, 4.69) is 27.7 Å². The molecule has 96 heavy (non-hydrogen) atoms. The third-order valence-corrected chi connectivity index (χ3v) is 17.6. The van der Waals surface area contributed by atoms with Gasteiger partial charge in [-0.1, -0.05) is 362 Å². The van der Waals surface area contributed by atoms with E-state index < -0.39 is 24.4 Å². The zero-order valence-corrected chi connectivity index (χ0v) is 63.2. The normalized spacial score (nSPS) is 11.7. The van der Waals surface area contributed by atoms with Crippen LogP contribution in [0.2, 0.25) is 0 Å². The van der Waals surface area contributed by atoms with Crippen LogP contribution >= 0.6 is 0 Å². The van der Waals surface area contributed by atoms with E-state index in [0.29, 0.717) is 25.7 Å². The first-order valence-corrected chi connectivity index (χ1v) is 40.6. The molecule has 0 aliphatic carbocycles. The van der Waals surface area contributed by atoms with Gasteiger partial charge < -0.3 is 59.8 Å². The van der Waals surface area contributed by atoms with Crippen LogP contribution < -0.4 is 0 Å². The number of hydrogen-bond acceptors (Lipinski definition) is 16. The van der Waals surface area contributed by atoms with Gasteiger partial charge in [-0.2, -0.15) is 0 Å². The van der Waals surface area contributed by atoms with E-state index in [4.69, 9.17) is 59.8 Å². The second-order valence-corrected chi connectivity index (χ2v) is 27.4. The van der Waals surface area contributed by atoms with Crippen LogP contribution in [0.3, 0.4) is 0 Å². The van der Waals surface area contributed by atoms with Crippen LogP contribution in [0.4, 0.5) is 0 Å². The topological polar surface area (TPSA) is 267 Å². The SMILES string of the molecule is CCCCCCCCCCCCCCCC(=O)OC(CO)CO.CCCCCCCCCCCCCCCC(=O)OCC(O)CO.CCCCCCCCCCCCCCCCCC(=O)OC(CO)CO.CCCCCCCCCCCCCCCCCC(=O)OCC(O)CO. The van der Waals surface area contributed by atoms with Crippen molar-refractivity contribution in [3.05, 3.63) is 0 Å². The van der Waals surface area contributed by atoms with Crippen molar-refractivity contribution in [2.24, 2.45) is 0 Å². The smallest absolute Gasteiger partial charge is 0.306 e. The standard InChI is InChI=1S/2C21H42O4.2C19H38O4/c1-2-3-4-5-6-7-8-9-10-11-12-13-14-15-16-17-21(24)25-19-20(23)18-22;1-2-3-4-5-6-7-8-9-10-11-12-13-14-15-16-17-21(24)25-20(18-22)19-23;1-2-3-4-5-6-7-8-9-10-11-12-13-14-15-19(22)23-17-18(21)16-20;1-2-3-4-5-6-7-8-9-10-11-12-13-14-15-19(22)23-18(16-20)17-21/h2*20,22-23H,2-19H2,1H3;2*18,20-21H,2-17H2,1H3. The molecule has 0 radical (unpaired) electrons. The summed E-state index contributed by atoms with van der Waals surface area (Å²) in [4.78, 5) is 45.6. The molecule has 0 aromatic rings. The number of esters is 4. The predicted octanol–water partition coefficient (Wildman–Crippen LogP) is 19.0. The lowest BCUT2D eigenvalue weighted by Gasteiger charge is -2.12. The quantitative estimate of drug-likeness (QED) is 0.0160. The first kappa shape index (κ1) is 99.9. The molecule has 0 spiro atoms. The summed E-state index contributed by atoms with van der Waals surface area (Å²) < 4.78 is 19.6. The summed E-state index contributed by atoms with van der Waals surface area (Å²) in [6.07, 6.45) is 70.5. The molecule has 576 valence electrons.